The molecule has 40 heavy (non-hydrogen) atoms. The zero-order chi connectivity index (χ0) is 28.1. The van der Waals surface area contributed by atoms with Crippen LogP contribution in [-0.2, 0) is 20.9 Å². The van der Waals surface area contributed by atoms with Gasteiger partial charge in [-0.15, -0.1) is 0 Å². The van der Waals surface area contributed by atoms with Crippen LogP contribution in [0.3, 0.4) is 0 Å². The third kappa shape index (κ3) is 4.89. The molecule has 7 nitrogen and oxygen atoms in total. The van der Waals surface area contributed by atoms with Gasteiger partial charge in [-0.1, -0.05) is 84.8 Å². The van der Waals surface area contributed by atoms with Crippen molar-refractivity contribution in [2.75, 3.05) is 10.2 Å². The topological polar surface area (TPSA) is 88.5 Å². The molecular formula is C29H21Br2N3O4S2. The molecule has 3 aromatic carbocycles. The van der Waals surface area contributed by atoms with Crippen LogP contribution in [0.15, 0.2) is 91.6 Å². The van der Waals surface area contributed by atoms with Crippen molar-refractivity contribution in [2.24, 2.45) is 5.92 Å². The zero-order valence-electron chi connectivity index (χ0n) is 21.0. The van der Waals surface area contributed by atoms with Crippen molar-refractivity contribution >= 4 is 84.1 Å². The Morgan fingerprint density at radius 3 is 2.35 bits per heavy atom. The van der Waals surface area contributed by atoms with Gasteiger partial charge in [-0.05, 0) is 61.0 Å². The van der Waals surface area contributed by atoms with Crippen molar-refractivity contribution in [1.29, 1.82) is 0 Å². The molecule has 0 radical (unpaired) electrons. The van der Waals surface area contributed by atoms with Gasteiger partial charge in [0, 0.05) is 25.4 Å². The standard InChI is InChI=1S/C29H21Br2N3O4S2/c1-15-5-9-19(10-6-15)32-21(35)14-33-28-25(40-29(33)38)22(16-3-2-4-18(31)13-16)23-24(39-28)27(37)34(26(23)36)20-11-7-17(30)8-12-20/h2-13,22-24H,14H2,1H3,(H,32,35). The largest absolute Gasteiger partial charge is 0.325 e. The lowest BCUT2D eigenvalue weighted by atomic mass is 9.83. The van der Waals surface area contributed by atoms with Gasteiger partial charge >= 0.3 is 4.87 Å². The Kier molecular flexibility index (Phi) is 7.32. The Morgan fingerprint density at radius 1 is 0.925 bits per heavy atom. The summed E-state index contributed by atoms with van der Waals surface area (Å²) in [7, 11) is 0. The van der Waals surface area contributed by atoms with E-state index in [1.54, 1.807) is 36.4 Å². The maximum atomic E-state index is 13.9. The second-order valence-corrected chi connectivity index (χ2v) is 13.6. The summed E-state index contributed by atoms with van der Waals surface area (Å²) in [5.74, 6) is -2.20. The van der Waals surface area contributed by atoms with Crippen LogP contribution in [0.2, 0.25) is 0 Å². The van der Waals surface area contributed by atoms with Crippen LogP contribution in [0.5, 0.6) is 0 Å². The van der Waals surface area contributed by atoms with E-state index in [9.17, 15) is 19.2 Å². The minimum Gasteiger partial charge on any atom is -0.325 e. The van der Waals surface area contributed by atoms with E-state index in [1.807, 2.05) is 43.3 Å². The van der Waals surface area contributed by atoms with E-state index >= 15 is 0 Å². The summed E-state index contributed by atoms with van der Waals surface area (Å²) >= 11 is 9.16. The van der Waals surface area contributed by atoms with E-state index in [4.69, 9.17) is 0 Å². The fourth-order valence-electron chi connectivity index (χ4n) is 5.14. The SMILES string of the molecule is Cc1ccc(NC(=O)Cn2c3c(sc2=O)C(c2cccc(Br)c2)C2C(=O)N(c4ccc(Br)cc4)C(=O)C2S3)cc1. The van der Waals surface area contributed by atoms with E-state index in [1.165, 1.54) is 21.2 Å². The number of hydrogen-bond donors (Lipinski definition) is 1. The molecule has 202 valence electrons. The van der Waals surface area contributed by atoms with Crippen LogP contribution in [-0.4, -0.2) is 27.5 Å². The van der Waals surface area contributed by atoms with Gasteiger partial charge in [0.1, 0.15) is 11.8 Å². The summed E-state index contributed by atoms with van der Waals surface area (Å²) in [5, 5.41) is 2.66. The van der Waals surface area contributed by atoms with Crippen molar-refractivity contribution in [3.8, 4) is 0 Å². The van der Waals surface area contributed by atoms with E-state index in [-0.39, 0.29) is 29.1 Å². The minimum atomic E-state index is -0.743. The molecule has 3 unspecified atom stereocenters. The molecule has 0 saturated carbocycles. The molecule has 1 aromatic heterocycles. The second-order valence-electron chi connectivity index (χ2n) is 9.62. The highest BCUT2D eigenvalue weighted by molar-refractivity contribution is 9.10. The molecular weight excluding hydrogens is 678 g/mol. The van der Waals surface area contributed by atoms with Crippen LogP contribution in [0, 0.1) is 12.8 Å². The van der Waals surface area contributed by atoms with E-state index in [0.717, 1.165) is 31.4 Å². The molecule has 11 heteroatoms. The van der Waals surface area contributed by atoms with Gasteiger partial charge in [-0.3, -0.25) is 23.7 Å². The molecule has 3 amide bonds. The first kappa shape index (κ1) is 27.2. The number of thiazole rings is 1. The Balaban J connectivity index is 1.41. The summed E-state index contributed by atoms with van der Waals surface area (Å²) in [5.41, 5.74) is 3.02. The summed E-state index contributed by atoms with van der Waals surface area (Å²) in [6.45, 7) is 1.76. The van der Waals surface area contributed by atoms with Crippen molar-refractivity contribution in [2.45, 2.75) is 29.7 Å². The van der Waals surface area contributed by atoms with E-state index in [0.29, 0.717) is 21.3 Å². The van der Waals surface area contributed by atoms with Crippen LogP contribution in [0.1, 0.15) is 21.9 Å². The van der Waals surface area contributed by atoms with Crippen molar-refractivity contribution in [1.82, 2.24) is 4.57 Å². The van der Waals surface area contributed by atoms with E-state index in [2.05, 4.69) is 37.2 Å². The summed E-state index contributed by atoms with van der Waals surface area (Å²) in [6.07, 6.45) is 0. The van der Waals surface area contributed by atoms with Crippen molar-refractivity contribution in [3.05, 3.63) is 107 Å². The van der Waals surface area contributed by atoms with Gasteiger partial charge in [0.05, 0.1) is 16.6 Å². The minimum absolute atomic E-state index is 0.202. The molecule has 6 rings (SSSR count). The van der Waals surface area contributed by atoms with Gasteiger partial charge < -0.3 is 5.32 Å². The molecule has 1 N–H and O–H groups in total. The number of carbonyl (C=O) groups excluding carboxylic acids is 3. The lowest BCUT2D eigenvalue weighted by Gasteiger charge is -2.30. The third-order valence-electron chi connectivity index (χ3n) is 6.98. The van der Waals surface area contributed by atoms with Crippen LogP contribution in [0.4, 0.5) is 11.4 Å². The molecule has 1 fully saturated rings. The van der Waals surface area contributed by atoms with Gasteiger partial charge in [-0.25, -0.2) is 4.90 Å². The first-order chi connectivity index (χ1) is 19.2. The normalized spacial score (nSPS) is 19.9. The monoisotopic (exact) mass is 697 g/mol. The highest BCUT2D eigenvalue weighted by atomic mass is 79.9. The quantitative estimate of drug-likeness (QED) is 0.252. The molecule has 0 aliphatic carbocycles. The number of hydrogen-bond acceptors (Lipinski definition) is 6. The summed E-state index contributed by atoms with van der Waals surface area (Å²) in [4.78, 5) is 55.6. The number of amides is 3. The molecule has 0 bridgehead atoms. The molecule has 4 aromatic rings. The highest BCUT2D eigenvalue weighted by Gasteiger charge is 2.56. The van der Waals surface area contributed by atoms with Crippen molar-refractivity contribution < 1.29 is 14.4 Å². The predicted octanol–water partition coefficient (Wildman–Crippen LogP) is 6.18. The van der Waals surface area contributed by atoms with Gasteiger partial charge in [0.25, 0.3) is 0 Å². The predicted molar refractivity (Wildman–Crippen MR) is 164 cm³/mol. The maximum Gasteiger partial charge on any atom is 0.308 e. The number of imide groups is 1. The Labute approximate surface area is 254 Å². The van der Waals surface area contributed by atoms with Gasteiger partial charge in [-0.2, -0.15) is 0 Å². The van der Waals surface area contributed by atoms with Crippen LogP contribution >= 0.6 is 55.0 Å². The first-order valence-corrected chi connectivity index (χ1v) is 15.6. The molecule has 2 aliphatic rings. The third-order valence-corrected chi connectivity index (χ3v) is 10.6. The lowest BCUT2D eigenvalue weighted by Crippen LogP contribution is -2.33. The molecule has 2 aliphatic heterocycles. The molecule has 0 spiro atoms. The average molecular weight is 699 g/mol. The average Bonchev–Trinajstić information content (AvgIpc) is 3.36. The summed E-state index contributed by atoms with van der Waals surface area (Å²) < 4.78 is 3.09. The number of fused-ring (bicyclic) bond motifs is 2. The zero-order valence-corrected chi connectivity index (χ0v) is 25.8. The number of anilines is 2. The molecule has 1 saturated heterocycles. The second kappa shape index (κ2) is 10.8. The fourth-order valence-corrected chi connectivity index (χ4v) is 8.59. The lowest BCUT2D eigenvalue weighted by molar-refractivity contribution is -0.122. The maximum absolute atomic E-state index is 13.9. The molecule has 3 atom stereocenters. The number of halogens is 2. The number of rotatable bonds is 5. The molecule has 3 heterocycles. The number of nitrogens with one attached hydrogen (secondary N) is 1. The van der Waals surface area contributed by atoms with Crippen molar-refractivity contribution in [3.63, 3.8) is 0 Å². The first-order valence-electron chi connectivity index (χ1n) is 12.4. The van der Waals surface area contributed by atoms with Crippen LogP contribution in [0.25, 0.3) is 0 Å². The fraction of sp³-hybridized carbons (Fsp3) is 0.172. The van der Waals surface area contributed by atoms with E-state index < -0.39 is 17.1 Å². The number of carbonyl (C=O) groups is 3. The smallest absolute Gasteiger partial charge is 0.308 e. The van der Waals surface area contributed by atoms with Crippen LogP contribution < -0.4 is 15.1 Å². The number of aryl methyl sites for hydroxylation is 1. The Morgan fingerprint density at radius 2 is 1.65 bits per heavy atom. The van der Waals surface area contributed by atoms with Gasteiger partial charge in [0.15, 0.2) is 0 Å². The number of benzene rings is 3. The Bertz CT molecular complexity index is 1720. The number of nitrogens with zero attached hydrogens (tertiary/aromatic N) is 2. The summed E-state index contributed by atoms with van der Waals surface area (Å²) in [6, 6.07) is 22.0. The highest BCUT2D eigenvalue weighted by Crippen LogP contribution is 2.54. The van der Waals surface area contributed by atoms with Gasteiger partial charge in [0.2, 0.25) is 17.7 Å². The Hall–Kier alpha value is -2.99. The number of thioether (sulfide) groups is 1. The number of aromatic nitrogens is 1.